The Morgan fingerprint density at radius 2 is 1.80 bits per heavy atom. The van der Waals surface area contributed by atoms with Crippen molar-refractivity contribution in [2.24, 2.45) is 0 Å². The molecule has 0 fully saturated rings. The van der Waals surface area contributed by atoms with Crippen molar-refractivity contribution in [2.75, 3.05) is 26.7 Å². The van der Waals surface area contributed by atoms with Gasteiger partial charge in [-0.05, 0) is 26.1 Å². The van der Waals surface area contributed by atoms with Crippen LogP contribution in [0.4, 0.5) is 0 Å². The quantitative estimate of drug-likeness (QED) is 0.764. The van der Waals surface area contributed by atoms with Crippen LogP contribution in [0, 0.1) is 0 Å². The third-order valence-corrected chi connectivity index (χ3v) is 2.41. The molecule has 108 valence electrons. The standard InChI is InChI=1S/C14H18N2O4/c1-3-20-13(18)10-16(2)9-12(17)15-14(19)11-7-5-4-6-8-11/h4-8H,3,9-10H2,1-2H3,(H,15,17,19). The zero-order chi connectivity index (χ0) is 15.0. The molecule has 0 atom stereocenters. The number of nitrogens with zero attached hydrogens (tertiary/aromatic N) is 1. The fraction of sp³-hybridized carbons (Fsp3) is 0.357. The van der Waals surface area contributed by atoms with Crippen molar-refractivity contribution in [1.82, 2.24) is 10.2 Å². The molecule has 20 heavy (non-hydrogen) atoms. The summed E-state index contributed by atoms with van der Waals surface area (Å²) in [6.07, 6.45) is 0. The molecule has 0 aliphatic heterocycles. The normalized spacial score (nSPS) is 10.2. The average Bonchev–Trinajstić information content (AvgIpc) is 2.39. The van der Waals surface area contributed by atoms with Gasteiger partial charge in [-0.1, -0.05) is 18.2 Å². The number of hydrogen-bond acceptors (Lipinski definition) is 5. The van der Waals surface area contributed by atoms with Gasteiger partial charge in [0, 0.05) is 5.56 Å². The fourth-order valence-corrected chi connectivity index (χ4v) is 1.56. The van der Waals surface area contributed by atoms with Crippen molar-refractivity contribution >= 4 is 17.8 Å². The van der Waals surface area contributed by atoms with Crippen LogP contribution in [0.1, 0.15) is 17.3 Å². The van der Waals surface area contributed by atoms with E-state index in [-0.39, 0.29) is 13.1 Å². The first-order valence-corrected chi connectivity index (χ1v) is 6.26. The molecule has 0 bridgehead atoms. The summed E-state index contributed by atoms with van der Waals surface area (Å²) in [5.41, 5.74) is 0.411. The summed E-state index contributed by atoms with van der Waals surface area (Å²) >= 11 is 0. The van der Waals surface area contributed by atoms with Crippen molar-refractivity contribution in [2.45, 2.75) is 6.92 Å². The number of hydrogen-bond donors (Lipinski definition) is 1. The Bertz CT molecular complexity index is 473. The van der Waals surface area contributed by atoms with Gasteiger partial charge in [-0.2, -0.15) is 0 Å². The zero-order valence-electron chi connectivity index (χ0n) is 11.6. The minimum absolute atomic E-state index is 0.000781. The Balaban J connectivity index is 2.40. The van der Waals surface area contributed by atoms with E-state index in [1.165, 1.54) is 4.90 Å². The van der Waals surface area contributed by atoms with Gasteiger partial charge in [0.05, 0.1) is 19.7 Å². The van der Waals surface area contributed by atoms with E-state index in [9.17, 15) is 14.4 Å². The van der Waals surface area contributed by atoms with Gasteiger partial charge in [-0.3, -0.25) is 24.6 Å². The van der Waals surface area contributed by atoms with Gasteiger partial charge in [-0.15, -0.1) is 0 Å². The number of amides is 2. The first-order valence-electron chi connectivity index (χ1n) is 6.26. The van der Waals surface area contributed by atoms with Crippen LogP contribution in [-0.4, -0.2) is 49.4 Å². The van der Waals surface area contributed by atoms with E-state index in [2.05, 4.69) is 5.32 Å². The van der Waals surface area contributed by atoms with E-state index in [0.717, 1.165) is 0 Å². The molecule has 0 aliphatic rings. The first-order chi connectivity index (χ1) is 9.52. The fourth-order valence-electron chi connectivity index (χ4n) is 1.56. The molecule has 0 aromatic heterocycles. The summed E-state index contributed by atoms with van der Waals surface area (Å²) in [6, 6.07) is 8.44. The lowest BCUT2D eigenvalue weighted by molar-refractivity contribution is -0.144. The molecular formula is C14H18N2O4. The summed E-state index contributed by atoms with van der Waals surface area (Å²) in [4.78, 5) is 36.1. The Morgan fingerprint density at radius 3 is 2.40 bits per heavy atom. The Morgan fingerprint density at radius 1 is 1.15 bits per heavy atom. The highest BCUT2D eigenvalue weighted by Gasteiger charge is 2.14. The maximum Gasteiger partial charge on any atom is 0.320 e. The Labute approximate surface area is 117 Å². The van der Waals surface area contributed by atoms with Crippen LogP contribution >= 0.6 is 0 Å². The van der Waals surface area contributed by atoms with Crippen LogP contribution in [0.25, 0.3) is 0 Å². The highest BCUT2D eigenvalue weighted by Crippen LogP contribution is 1.97. The average molecular weight is 278 g/mol. The van der Waals surface area contributed by atoms with Crippen LogP contribution < -0.4 is 5.32 Å². The van der Waals surface area contributed by atoms with Crippen LogP contribution in [0.3, 0.4) is 0 Å². The van der Waals surface area contributed by atoms with Gasteiger partial charge in [0.1, 0.15) is 0 Å². The van der Waals surface area contributed by atoms with Gasteiger partial charge in [-0.25, -0.2) is 0 Å². The number of benzene rings is 1. The highest BCUT2D eigenvalue weighted by molar-refractivity contribution is 6.05. The molecule has 0 heterocycles. The Kier molecular flexibility index (Phi) is 6.39. The molecule has 2 amide bonds. The molecule has 0 saturated carbocycles. The van der Waals surface area contributed by atoms with Crippen molar-refractivity contribution < 1.29 is 19.1 Å². The maximum absolute atomic E-state index is 11.7. The number of ether oxygens (including phenoxy) is 1. The molecule has 1 N–H and O–H groups in total. The number of carbonyl (C=O) groups excluding carboxylic acids is 3. The van der Waals surface area contributed by atoms with Gasteiger partial charge >= 0.3 is 5.97 Å². The molecule has 1 aromatic carbocycles. The third kappa shape index (κ3) is 5.62. The monoisotopic (exact) mass is 278 g/mol. The minimum atomic E-state index is -0.467. The largest absolute Gasteiger partial charge is 0.465 e. The van der Waals surface area contributed by atoms with E-state index in [0.29, 0.717) is 12.2 Å². The lowest BCUT2D eigenvalue weighted by atomic mass is 10.2. The number of rotatable bonds is 6. The summed E-state index contributed by atoms with van der Waals surface area (Å²) < 4.78 is 4.77. The van der Waals surface area contributed by atoms with E-state index in [1.807, 2.05) is 0 Å². The molecule has 0 unspecified atom stereocenters. The van der Waals surface area contributed by atoms with Gasteiger partial charge in [0.25, 0.3) is 5.91 Å². The van der Waals surface area contributed by atoms with Crippen LogP contribution in [0.15, 0.2) is 30.3 Å². The zero-order valence-corrected chi connectivity index (χ0v) is 11.6. The van der Waals surface area contributed by atoms with E-state index in [4.69, 9.17) is 4.74 Å². The lowest BCUT2D eigenvalue weighted by Gasteiger charge is -2.14. The lowest BCUT2D eigenvalue weighted by Crippen LogP contribution is -2.40. The van der Waals surface area contributed by atoms with Crippen molar-refractivity contribution in [1.29, 1.82) is 0 Å². The summed E-state index contributed by atoms with van der Waals surface area (Å²) in [7, 11) is 1.60. The number of carbonyl (C=O) groups is 3. The predicted molar refractivity (Wildman–Crippen MR) is 73.0 cm³/mol. The molecule has 1 aromatic rings. The van der Waals surface area contributed by atoms with Crippen molar-refractivity contribution in [3.8, 4) is 0 Å². The molecular weight excluding hydrogens is 260 g/mol. The molecule has 6 heteroatoms. The molecule has 1 rings (SSSR count). The number of esters is 1. The smallest absolute Gasteiger partial charge is 0.320 e. The molecule has 6 nitrogen and oxygen atoms in total. The van der Waals surface area contributed by atoms with E-state index >= 15 is 0 Å². The predicted octanol–water partition coefficient (Wildman–Crippen LogP) is 0.438. The number of likely N-dealkylation sites (N-methyl/N-ethyl adjacent to an activating group) is 1. The highest BCUT2D eigenvalue weighted by atomic mass is 16.5. The molecule has 0 saturated heterocycles. The second kappa shape index (κ2) is 8.06. The number of nitrogens with one attached hydrogen (secondary N) is 1. The topological polar surface area (TPSA) is 75.7 Å². The van der Waals surface area contributed by atoms with Gasteiger partial charge < -0.3 is 4.74 Å². The summed E-state index contributed by atoms with van der Waals surface area (Å²) in [6.45, 7) is 1.95. The molecule has 0 aliphatic carbocycles. The summed E-state index contributed by atoms with van der Waals surface area (Å²) in [5.74, 6) is -1.33. The van der Waals surface area contributed by atoms with Crippen molar-refractivity contribution in [3.63, 3.8) is 0 Å². The van der Waals surface area contributed by atoms with Crippen LogP contribution in [0.5, 0.6) is 0 Å². The first kappa shape index (κ1) is 15.8. The van der Waals surface area contributed by atoms with E-state index < -0.39 is 17.8 Å². The van der Waals surface area contributed by atoms with Gasteiger partial charge in [0.2, 0.25) is 5.91 Å². The van der Waals surface area contributed by atoms with Crippen LogP contribution in [0.2, 0.25) is 0 Å². The molecule has 0 spiro atoms. The van der Waals surface area contributed by atoms with Crippen molar-refractivity contribution in [3.05, 3.63) is 35.9 Å². The Hall–Kier alpha value is -2.21. The maximum atomic E-state index is 11.7. The number of imide groups is 1. The SMILES string of the molecule is CCOC(=O)CN(C)CC(=O)NC(=O)c1ccccc1. The summed E-state index contributed by atoms with van der Waals surface area (Å²) in [5, 5.41) is 2.26. The van der Waals surface area contributed by atoms with Crippen LogP contribution in [-0.2, 0) is 14.3 Å². The second-order valence-electron chi connectivity index (χ2n) is 4.22. The minimum Gasteiger partial charge on any atom is -0.465 e. The van der Waals surface area contributed by atoms with E-state index in [1.54, 1.807) is 44.3 Å². The van der Waals surface area contributed by atoms with Gasteiger partial charge in [0.15, 0.2) is 0 Å². The third-order valence-electron chi connectivity index (χ3n) is 2.41. The molecule has 0 radical (unpaired) electrons. The second-order valence-corrected chi connectivity index (χ2v) is 4.22.